The lowest BCUT2D eigenvalue weighted by Crippen LogP contribution is -2.54. The first-order valence-corrected chi connectivity index (χ1v) is 5.43. The molecule has 2 nitrogen and oxygen atoms in total. The molecule has 134 valence electrons. The fourth-order valence-corrected chi connectivity index (χ4v) is 0.971. The second kappa shape index (κ2) is 8.17. The Bertz CT molecular complexity index is 347. The van der Waals surface area contributed by atoms with Crippen LogP contribution < -0.4 is 0 Å². The molecule has 0 aromatic heterocycles. The minimum atomic E-state index is -6.04. The van der Waals surface area contributed by atoms with Crippen LogP contribution in [0.25, 0.3) is 0 Å². The van der Waals surface area contributed by atoms with E-state index in [1.54, 1.807) is 0 Å². The molecule has 14 heteroatoms. The van der Waals surface area contributed by atoms with Crippen molar-refractivity contribution >= 4 is 18.4 Å². The van der Waals surface area contributed by atoms with Gasteiger partial charge in [-0.05, 0) is 5.75 Å². The molecule has 22 heavy (non-hydrogen) atoms. The standard InChI is InChI=1S/C7H7F7O2S.CF4/c8-3-5(9,10)16-6(11,7(12,13)14)4(15)1-2-17;2-1(3,4)5/h17H,1-3H2;. The van der Waals surface area contributed by atoms with Gasteiger partial charge in [-0.15, -0.1) is 17.6 Å². The van der Waals surface area contributed by atoms with Gasteiger partial charge in [0.15, 0.2) is 6.67 Å². The summed E-state index contributed by atoms with van der Waals surface area (Å²) in [5.74, 6) is -8.05. The average molecular weight is 376 g/mol. The monoisotopic (exact) mass is 376 g/mol. The Balaban J connectivity index is 0. The molecule has 0 aliphatic carbocycles. The number of ketones is 1. The van der Waals surface area contributed by atoms with Crippen LogP contribution in [0.4, 0.5) is 48.3 Å². The molecule has 0 aliphatic rings. The molecule has 1 atom stereocenters. The summed E-state index contributed by atoms with van der Waals surface area (Å²) in [4.78, 5) is 10.8. The summed E-state index contributed by atoms with van der Waals surface area (Å²) in [5.41, 5.74) is 0. The maximum atomic E-state index is 13.2. The molecule has 0 amide bonds. The Hall–Kier alpha value is -0.790. The van der Waals surface area contributed by atoms with E-state index in [-0.39, 0.29) is 0 Å². The molecule has 1 unspecified atom stereocenters. The highest BCUT2D eigenvalue weighted by Crippen LogP contribution is 2.40. The van der Waals surface area contributed by atoms with Crippen LogP contribution in [0, 0.1) is 0 Å². The van der Waals surface area contributed by atoms with Crippen molar-refractivity contribution in [3.8, 4) is 0 Å². The molecule has 0 aromatic rings. The number of halogens is 11. The van der Waals surface area contributed by atoms with Crippen molar-refractivity contribution in [2.45, 2.75) is 31.0 Å². The number of rotatable bonds is 6. The van der Waals surface area contributed by atoms with Crippen LogP contribution >= 0.6 is 12.6 Å². The van der Waals surface area contributed by atoms with Crippen molar-refractivity contribution in [3.63, 3.8) is 0 Å². The normalized spacial score (nSPS) is 15.6. The van der Waals surface area contributed by atoms with E-state index in [4.69, 9.17) is 0 Å². The van der Waals surface area contributed by atoms with Gasteiger partial charge in [-0.2, -0.15) is 39.0 Å². The third-order valence-corrected chi connectivity index (χ3v) is 1.73. The lowest BCUT2D eigenvalue weighted by molar-refractivity contribution is -0.394. The third kappa shape index (κ3) is 9.27. The zero-order valence-corrected chi connectivity index (χ0v) is 10.9. The fraction of sp³-hybridized carbons (Fsp3) is 0.875. The van der Waals surface area contributed by atoms with E-state index in [2.05, 4.69) is 17.4 Å². The molecule has 0 rings (SSSR count). The molecular weight excluding hydrogens is 369 g/mol. The number of carbonyl (C=O) groups is 1. The zero-order chi connectivity index (χ0) is 18.4. The van der Waals surface area contributed by atoms with E-state index in [9.17, 15) is 53.1 Å². The first-order valence-electron chi connectivity index (χ1n) is 4.79. The average Bonchev–Trinajstić information content (AvgIpc) is 2.25. The fourth-order valence-electron chi connectivity index (χ4n) is 0.768. The first-order chi connectivity index (χ1) is 9.50. The number of carbonyl (C=O) groups excluding carboxylic acids is 1. The highest BCUT2D eigenvalue weighted by atomic mass is 32.1. The molecule has 0 spiro atoms. The Labute approximate surface area is 121 Å². The predicted octanol–water partition coefficient (Wildman–Crippen LogP) is 4.16. The van der Waals surface area contributed by atoms with Crippen LogP contribution in [0.5, 0.6) is 0 Å². The van der Waals surface area contributed by atoms with E-state index in [0.717, 1.165) is 0 Å². The second-order valence-electron chi connectivity index (χ2n) is 3.29. The van der Waals surface area contributed by atoms with E-state index in [1.165, 1.54) is 0 Å². The van der Waals surface area contributed by atoms with Crippen LogP contribution in [-0.2, 0) is 9.53 Å². The number of ether oxygens (including phenoxy) is 1. The minimum absolute atomic E-state index is 0.509. The Morgan fingerprint density at radius 2 is 1.27 bits per heavy atom. The van der Waals surface area contributed by atoms with Crippen LogP contribution in [0.15, 0.2) is 0 Å². The first kappa shape index (κ1) is 23.5. The van der Waals surface area contributed by atoms with Gasteiger partial charge >= 0.3 is 24.6 Å². The van der Waals surface area contributed by atoms with Gasteiger partial charge < -0.3 is 0 Å². The van der Waals surface area contributed by atoms with Crippen molar-refractivity contribution in [3.05, 3.63) is 0 Å². The van der Waals surface area contributed by atoms with Gasteiger partial charge in [0.1, 0.15) is 0 Å². The summed E-state index contributed by atoms with van der Waals surface area (Å²) in [6.45, 7) is -2.69. The minimum Gasteiger partial charge on any atom is -0.293 e. The summed E-state index contributed by atoms with van der Waals surface area (Å²) in [6, 6.07) is 0. The topological polar surface area (TPSA) is 26.3 Å². The van der Waals surface area contributed by atoms with Crippen LogP contribution in [0.1, 0.15) is 6.42 Å². The molecule has 0 aliphatic heterocycles. The molecule has 0 saturated heterocycles. The number of hydrogen-bond donors (Lipinski definition) is 1. The summed E-state index contributed by atoms with van der Waals surface area (Å²) in [6.07, 6.45) is -17.7. The number of alkyl halides is 11. The van der Waals surface area contributed by atoms with Gasteiger partial charge in [-0.3, -0.25) is 9.53 Å². The van der Waals surface area contributed by atoms with E-state index >= 15 is 0 Å². The molecule has 0 saturated carbocycles. The van der Waals surface area contributed by atoms with Crippen LogP contribution in [0.3, 0.4) is 0 Å². The molecule has 0 radical (unpaired) electrons. The van der Waals surface area contributed by atoms with E-state index in [0.29, 0.717) is 0 Å². The summed E-state index contributed by atoms with van der Waals surface area (Å²) >= 11 is 3.35. The molecule has 0 N–H and O–H groups in total. The largest absolute Gasteiger partial charge is 0.559 e. The highest BCUT2D eigenvalue weighted by Gasteiger charge is 2.66. The highest BCUT2D eigenvalue weighted by molar-refractivity contribution is 7.80. The SMILES string of the molecule is FC(F)(F)F.O=C(CCS)C(F)(OC(F)(F)CF)C(F)(F)F. The van der Waals surface area contributed by atoms with Gasteiger partial charge in [0.05, 0.1) is 0 Å². The molecule has 0 heterocycles. The van der Waals surface area contributed by atoms with Crippen molar-refractivity contribution in [2.24, 2.45) is 0 Å². The number of thiol groups is 1. The smallest absolute Gasteiger partial charge is 0.293 e. The van der Waals surface area contributed by atoms with E-state index in [1.807, 2.05) is 0 Å². The summed E-state index contributed by atoms with van der Waals surface area (Å²) in [7, 11) is 0. The van der Waals surface area contributed by atoms with Crippen molar-refractivity contribution in [1.82, 2.24) is 0 Å². The molecule has 0 aromatic carbocycles. The molecule has 0 bridgehead atoms. The zero-order valence-electron chi connectivity index (χ0n) is 10.0. The Kier molecular flexibility index (Phi) is 8.72. The summed E-state index contributed by atoms with van der Waals surface area (Å²) in [5, 5.41) is 0. The van der Waals surface area contributed by atoms with Gasteiger partial charge in [-0.1, -0.05) is 0 Å². The van der Waals surface area contributed by atoms with E-state index < -0.39 is 49.2 Å². The maximum absolute atomic E-state index is 13.2. The van der Waals surface area contributed by atoms with Crippen LogP contribution in [0.2, 0.25) is 0 Å². The van der Waals surface area contributed by atoms with Gasteiger partial charge in [0, 0.05) is 6.42 Å². The van der Waals surface area contributed by atoms with Crippen molar-refractivity contribution < 1.29 is 57.8 Å². The Morgan fingerprint density at radius 1 is 0.909 bits per heavy atom. The predicted molar refractivity (Wildman–Crippen MR) is 52.5 cm³/mol. The quantitative estimate of drug-likeness (QED) is 0.557. The Morgan fingerprint density at radius 3 is 1.50 bits per heavy atom. The van der Waals surface area contributed by atoms with Gasteiger partial charge in [-0.25, -0.2) is 4.39 Å². The molecule has 0 fully saturated rings. The lowest BCUT2D eigenvalue weighted by atomic mass is 10.1. The van der Waals surface area contributed by atoms with Crippen LogP contribution in [-0.4, -0.2) is 42.8 Å². The third-order valence-electron chi connectivity index (χ3n) is 1.51. The van der Waals surface area contributed by atoms with Gasteiger partial charge in [0.25, 0.3) is 0 Å². The maximum Gasteiger partial charge on any atom is 0.559 e. The summed E-state index contributed by atoms with van der Waals surface area (Å²) < 4.78 is 127. The lowest BCUT2D eigenvalue weighted by Gasteiger charge is -2.29. The number of Topliss-reactive ketones (excluding diaryl/α,β-unsaturated/α-hetero) is 1. The second-order valence-corrected chi connectivity index (χ2v) is 3.74. The molecular formula is C8H7F11O2S. The van der Waals surface area contributed by atoms with Gasteiger partial charge in [0.2, 0.25) is 5.78 Å². The van der Waals surface area contributed by atoms with Crippen molar-refractivity contribution in [1.29, 1.82) is 0 Å². The van der Waals surface area contributed by atoms with Crippen molar-refractivity contribution in [2.75, 3.05) is 12.4 Å². The number of hydrogen-bond acceptors (Lipinski definition) is 3.